The predicted octanol–water partition coefficient (Wildman–Crippen LogP) is 3.52. The van der Waals surface area contributed by atoms with E-state index >= 15 is 0 Å². The summed E-state index contributed by atoms with van der Waals surface area (Å²) in [5.74, 6) is 0.886. The maximum absolute atomic E-state index is 4.72. The van der Waals surface area contributed by atoms with Crippen molar-refractivity contribution in [3.63, 3.8) is 0 Å². The van der Waals surface area contributed by atoms with Gasteiger partial charge < -0.3 is 10.2 Å². The first-order valence-electron chi connectivity index (χ1n) is 7.38. The minimum absolute atomic E-state index is 0.0710. The zero-order valence-electron chi connectivity index (χ0n) is 13.3. The highest BCUT2D eigenvalue weighted by Crippen LogP contribution is 2.22. The molecule has 1 aromatic carbocycles. The van der Waals surface area contributed by atoms with Crippen LogP contribution in [0.2, 0.25) is 0 Å². The lowest BCUT2D eigenvalue weighted by molar-refractivity contribution is 0.421. The summed E-state index contributed by atoms with van der Waals surface area (Å²) in [6.07, 6.45) is 3.64. The molecule has 112 valence electrons. The van der Waals surface area contributed by atoms with Crippen LogP contribution in [0.4, 0.5) is 11.5 Å². The van der Waals surface area contributed by atoms with E-state index in [0.717, 1.165) is 30.3 Å². The van der Waals surface area contributed by atoms with Gasteiger partial charge in [0.15, 0.2) is 5.82 Å². The molecule has 0 unspecified atom stereocenters. The van der Waals surface area contributed by atoms with Crippen molar-refractivity contribution in [2.24, 2.45) is 0 Å². The van der Waals surface area contributed by atoms with Gasteiger partial charge in [0.05, 0.1) is 11.9 Å². The predicted molar refractivity (Wildman–Crippen MR) is 87.7 cm³/mol. The average molecular weight is 284 g/mol. The van der Waals surface area contributed by atoms with Crippen molar-refractivity contribution in [3.8, 4) is 0 Å². The number of para-hydroxylation sites is 1. The fraction of sp³-hybridized carbons (Fsp3) is 0.412. The van der Waals surface area contributed by atoms with Crippen LogP contribution >= 0.6 is 0 Å². The lowest BCUT2D eigenvalue weighted by Gasteiger charge is -2.23. The van der Waals surface area contributed by atoms with Crippen LogP contribution in [-0.4, -0.2) is 22.1 Å². The van der Waals surface area contributed by atoms with Crippen molar-refractivity contribution >= 4 is 11.5 Å². The molecule has 0 atom stereocenters. The molecule has 2 rings (SSSR count). The van der Waals surface area contributed by atoms with Crippen LogP contribution in [0.3, 0.4) is 0 Å². The normalized spacial score (nSPS) is 11.4. The van der Waals surface area contributed by atoms with Crippen molar-refractivity contribution < 1.29 is 0 Å². The van der Waals surface area contributed by atoms with Crippen molar-refractivity contribution in [1.82, 2.24) is 15.3 Å². The number of hydrogen-bond donors (Lipinski definition) is 1. The first-order chi connectivity index (χ1) is 9.99. The Bertz CT molecular complexity index is 561. The van der Waals surface area contributed by atoms with E-state index in [1.807, 2.05) is 30.6 Å². The van der Waals surface area contributed by atoms with Crippen molar-refractivity contribution in [2.75, 3.05) is 11.4 Å². The highest BCUT2D eigenvalue weighted by atomic mass is 15.2. The standard InChI is InChI=1S/C17H24N4/c1-5-21(15-9-7-6-8-10-15)16-13-18-11-14(20-16)12-19-17(2,3)4/h6-11,13,19H,5,12H2,1-4H3. The third-order valence-corrected chi connectivity index (χ3v) is 3.13. The van der Waals surface area contributed by atoms with E-state index in [1.54, 1.807) is 0 Å². The van der Waals surface area contributed by atoms with Crippen molar-refractivity contribution in [2.45, 2.75) is 39.8 Å². The smallest absolute Gasteiger partial charge is 0.151 e. The quantitative estimate of drug-likeness (QED) is 0.912. The minimum atomic E-state index is 0.0710. The van der Waals surface area contributed by atoms with Gasteiger partial charge in [0.2, 0.25) is 0 Å². The van der Waals surface area contributed by atoms with Gasteiger partial charge in [-0.1, -0.05) is 18.2 Å². The molecule has 0 aliphatic carbocycles. The second-order valence-corrected chi connectivity index (χ2v) is 6.05. The topological polar surface area (TPSA) is 41.1 Å². The number of nitrogens with zero attached hydrogens (tertiary/aromatic N) is 3. The molecule has 0 saturated carbocycles. The number of anilines is 2. The summed E-state index contributed by atoms with van der Waals surface area (Å²) in [6.45, 7) is 10.1. The summed E-state index contributed by atoms with van der Waals surface area (Å²) in [7, 11) is 0. The number of hydrogen-bond acceptors (Lipinski definition) is 4. The number of aromatic nitrogens is 2. The summed E-state index contributed by atoms with van der Waals surface area (Å²) in [4.78, 5) is 11.2. The SMILES string of the molecule is CCN(c1ccccc1)c1cncc(CNC(C)(C)C)n1. The first-order valence-corrected chi connectivity index (χ1v) is 7.38. The van der Waals surface area contributed by atoms with Gasteiger partial charge in [-0.3, -0.25) is 4.98 Å². The Kier molecular flexibility index (Phi) is 4.91. The first kappa shape index (κ1) is 15.4. The third-order valence-electron chi connectivity index (χ3n) is 3.13. The van der Waals surface area contributed by atoms with Gasteiger partial charge in [-0.05, 0) is 39.8 Å². The average Bonchev–Trinajstić information content (AvgIpc) is 2.47. The van der Waals surface area contributed by atoms with Gasteiger partial charge in [-0.2, -0.15) is 0 Å². The lowest BCUT2D eigenvalue weighted by Crippen LogP contribution is -2.35. The molecule has 0 bridgehead atoms. The summed E-state index contributed by atoms with van der Waals surface area (Å²) in [5.41, 5.74) is 2.16. The fourth-order valence-corrected chi connectivity index (χ4v) is 2.05. The van der Waals surface area contributed by atoms with Crippen LogP contribution in [0.15, 0.2) is 42.7 Å². The summed E-state index contributed by atoms with van der Waals surface area (Å²) in [6, 6.07) is 10.3. The monoisotopic (exact) mass is 284 g/mol. The van der Waals surface area contributed by atoms with Gasteiger partial charge in [0.1, 0.15) is 0 Å². The number of benzene rings is 1. The van der Waals surface area contributed by atoms with Crippen LogP contribution in [0.5, 0.6) is 0 Å². The molecule has 21 heavy (non-hydrogen) atoms. The van der Waals surface area contributed by atoms with E-state index in [4.69, 9.17) is 4.98 Å². The molecule has 0 spiro atoms. The molecule has 1 N–H and O–H groups in total. The van der Waals surface area contributed by atoms with E-state index in [1.165, 1.54) is 0 Å². The number of rotatable bonds is 5. The Morgan fingerprint density at radius 1 is 1.10 bits per heavy atom. The molecule has 2 aromatic rings. The maximum atomic E-state index is 4.72. The molecule has 0 radical (unpaired) electrons. The van der Waals surface area contributed by atoms with Gasteiger partial charge in [-0.15, -0.1) is 0 Å². The molecular weight excluding hydrogens is 260 g/mol. The fourth-order valence-electron chi connectivity index (χ4n) is 2.05. The zero-order valence-corrected chi connectivity index (χ0v) is 13.3. The van der Waals surface area contributed by atoms with E-state index < -0.39 is 0 Å². The second-order valence-electron chi connectivity index (χ2n) is 6.05. The lowest BCUT2D eigenvalue weighted by atomic mass is 10.1. The maximum Gasteiger partial charge on any atom is 0.151 e. The molecule has 1 heterocycles. The molecule has 0 amide bonds. The second kappa shape index (κ2) is 6.68. The van der Waals surface area contributed by atoms with Crippen LogP contribution in [0.1, 0.15) is 33.4 Å². The Balaban J connectivity index is 2.19. The van der Waals surface area contributed by atoms with Gasteiger partial charge in [0.25, 0.3) is 0 Å². The van der Waals surface area contributed by atoms with Gasteiger partial charge in [-0.25, -0.2) is 4.98 Å². The third kappa shape index (κ3) is 4.53. The molecule has 0 saturated heterocycles. The van der Waals surface area contributed by atoms with Crippen LogP contribution in [0.25, 0.3) is 0 Å². The van der Waals surface area contributed by atoms with E-state index in [-0.39, 0.29) is 5.54 Å². The largest absolute Gasteiger partial charge is 0.325 e. The van der Waals surface area contributed by atoms with Crippen molar-refractivity contribution in [3.05, 3.63) is 48.4 Å². The van der Waals surface area contributed by atoms with Crippen LogP contribution in [-0.2, 0) is 6.54 Å². The van der Waals surface area contributed by atoms with E-state index in [2.05, 4.69) is 55.0 Å². The van der Waals surface area contributed by atoms with Crippen LogP contribution < -0.4 is 10.2 Å². The molecular formula is C17H24N4. The van der Waals surface area contributed by atoms with E-state index in [0.29, 0.717) is 0 Å². The Hall–Kier alpha value is -1.94. The molecule has 0 aliphatic heterocycles. The summed E-state index contributed by atoms with van der Waals surface area (Å²) < 4.78 is 0. The molecule has 0 fully saturated rings. The van der Waals surface area contributed by atoms with Crippen molar-refractivity contribution in [1.29, 1.82) is 0 Å². The Labute approximate surface area is 127 Å². The molecule has 1 aromatic heterocycles. The number of nitrogens with one attached hydrogen (secondary N) is 1. The molecule has 4 heteroatoms. The minimum Gasteiger partial charge on any atom is -0.325 e. The highest BCUT2D eigenvalue weighted by molar-refractivity contribution is 5.58. The van der Waals surface area contributed by atoms with E-state index in [9.17, 15) is 0 Å². The Morgan fingerprint density at radius 3 is 2.43 bits per heavy atom. The molecule has 0 aliphatic rings. The Morgan fingerprint density at radius 2 is 1.81 bits per heavy atom. The van der Waals surface area contributed by atoms with Gasteiger partial charge >= 0.3 is 0 Å². The summed E-state index contributed by atoms with van der Waals surface area (Å²) in [5, 5.41) is 3.44. The zero-order chi connectivity index (χ0) is 15.3. The molecule has 4 nitrogen and oxygen atoms in total. The summed E-state index contributed by atoms with van der Waals surface area (Å²) >= 11 is 0. The highest BCUT2D eigenvalue weighted by Gasteiger charge is 2.12. The van der Waals surface area contributed by atoms with Crippen LogP contribution in [0, 0.1) is 0 Å². The van der Waals surface area contributed by atoms with Gasteiger partial charge in [0, 0.05) is 30.5 Å².